The number of aliphatic imine (C=N–C) groups is 1. The van der Waals surface area contributed by atoms with Gasteiger partial charge in [-0.05, 0) is 37.5 Å². The highest BCUT2D eigenvalue weighted by Gasteiger charge is 2.46. The Labute approximate surface area is 167 Å². The Morgan fingerprint density at radius 2 is 1.64 bits per heavy atom. The van der Waals surface area contributed by atoms with Gasteiger partial charge >= 0.3 is 0 Å². The second-order valence-electron chi connectivity index (χ2n) is 8.43. The monoisotopic (exact) mass is 373 g/mol. The summed E-state index contributed by atoms with van der Waals surface area (Å²) in [5, 5.41) is 3.62. The zero-order valence-corrected chi connectivity index (χ0v) is 16.9. The Kier molecular flexibility index (Phi) is 4.58. The largest absolute Gasteiger partial charge is 0.385 e. The summed E-state index contributed by atoms with van der Waals surface area (Å²) in [6.07, 6.45) is 0. The summed E-state index contributed by atoms with van der Waals surface area (Å²) in [6.45, 7) is 9.20. The number of nitrogens with one attached hydrogen (secondary N) is 1. The van der Waals surface area contributed by atoms with Gasteiger partial charge in [0.05, 0.1) is 11.6 Å². The fraction of sp³-hybridized carbons (Fsp3) is 0.333. The molecule has 2 aliphatic heterocycles. The van der Waals surface area contributed by atoms with Gasteiger partial charge in [0.15, 0.2) is 0 Å². The fourth-order valence-corrected chi connectivity index (χ4v) is 4.06. The predicted molar refractivity (Wildman–Crippen MR) is 114 cm³/mol. The first kappa shape index (κ1) is 18.5. The molecule has 4 rings (SSSR count). The van der Waals surface area contributed by atoms with E-state index >= 15 is 0 Å². The lowest BCUT2D eigenvalue weighted by atomic mass is 9.92. The summed E-state index contributed by atoms with van der Waals surface area (Å²) >= 11 is 0. The molecule has 1 saturated heterocycles. The van der Waals surface area contributed by atoms with E-state index in [2.05, 4.69) is 45.1 Å². The number of hydrogen-bond acceptors (Lipinski definition) is 3. The van der Waals surface area contributed by atoms with E-state index < -0.39 is 0 Å². The molecule has 4 nitrogen and oxygen atoms in total. The molecule has 0 bridgehead atoms. The van der Waals surface area contributed by atoms with Crippen LogP contribution in [0.2, 0.25) is 0 Å². The van der Waals surface area contributed by atoms with E-state index in [1.165, 1.54) is 0 Å². The van der Waals surface area contributed by atoms with Crippen LogP contribution in [0.4, 0.5) is 5.69 Å². The molecule has 0 spiro atoms. The third kappa shape index (κ3) is 3.13. The minimum Gasteiger partial charge on any atom is -0.385 e. The van der Waals surface area contributed by atoms with Crippen LogP contribution in [0.15, 0.2) is 76.9 Å². The molecule has 1 unspecified atom stereocenters. The number of hydrogen-bond donors (Lipinski definition) is 1. The molecule has 2 heterocycles. The summed E-state index contributed by atoms with van der Waals surface area (Å²) in [5.41, 5.74) is 4.37. The quantitative estimate of drug-likeness (QED) is 0.860. The van der Waals surface area contributed by atoms with Crippen LogP contribution in [0.1, 0.15) is 39.3 Å². The van der Waals surface area contributed by atoms with Gasteiger partial charge < -0.3 is 5.32 Å². The maximum atomic E-state index is 13.7. The Hall–Kier alpha value is -2.88. The van der Waals surface area contributed by atoms with Crippen molar-refractivity contribution in [1.29, 1.82) is 0 Å². The molecule has 2 aliphatic rings. The summed E-state index contributed by atoms with van der Waals surface area (Å²) < 4.78 is 0. The summed E-state index contributed by atoms with van der Waals surface area (Å²) in [4.78, 5) is 20.5. The van der Waals surface area contributed by atoms with E-state index in [4.69, 9.17) is 4.99 Å². The number of nitrogens with zero attached hydrogens (tertiary/aromatic N) is 2. The molecule has 1 amide bonds. The fourth-order valence-electron chi connectivity index (χ4n) is 4.06. The number of fused-ring (bicyclic) bond motifs is 1. The Balaban J connectivity index is 2.00. The third-order valence-electron chi connectivity index (χ3n) is 5.35. The second-order valence-corrected chi connectivity index (χ2v) is 8.43. The molecule has 1 N–H and O–H groups in total. The van der Waals surface area contributed by atoms with Gasteiger partial charge in [0.25, 0.3) is 5.91 Å². The number of para-hydroxylation sites is 1. The van der Waals surface area contributed by atoms with Crippen molar-refractivity contribution < 1.29 is 4.79 Å². The van der Waals surface area contributed by atoms with Crippen LogP contribution >= 0.6 is 0 Å². The Morgan fingerprint density at radius 1 is 1.04 bits per heavy atom. The lowest BCUT2D eigenvalue weighted by Gasteiger charge is -2.28. The van der Waals surface area contributed by atoms with Crippen LogP contribution in [0, 0.1) is 5.92 Å². The van der Waals surface area contributed by atoms with Gasteiger partial charge in [0.1, 0.15) is 5.71 Å². The third-order valence-corrected chi connectivity index (χ3v) is 5.35. The van der Waals surface area contributed by atoms with Crippen LogP contribution in [-0.2, 0) is 4.79 Å². The SMILES string of the molecule is CC(C)C1=C2C(=NC(C)(C)CN1)C(=O)N(c1ccccc1)C2c1ccccc1. The first-order valence-corrected chi connectivity index (χ1v) is 9.91. The van der Waals surface area contributed by atoms with Crippen LogP contribution in [0.3, 0.4) is 0 Å². The van der Waals surface area contributed by atoms with E-state index in [0.717, 1.165) is 22.5 Å². The average Bonchev–Trinajstić information content (AvgIpc) is 2.86. The molecule has 4 heteroatoms. The number of amides is 1. The number of rotatable bonds is 3. The normalized spacial score (nSPS) is 21.3. The zero-order chi connectivity index (χ0) is 19.9. The van der Waals surface area contributed by atoms with Gasteiger partial charge in [0, 0.05) is 23.5 Å². The number of carbonyl (C=O) groups is 1. The maximum absolute atomic E-state index is 13.7. The van der Waals surface area contributed by atoms with Crippen LogP contribution in [-0.4, -0.2) is 23.7 Å². The van der Waals surface area contributed by atoms with E-state index in [0.29, 0.717) is 12.3 Å². The number of benzene rings is 2. The molecule has 0 radical (unpaired) electrons. The highest BCUT2D eigenvalue weighted by molar-refractivity contribution is 6.53. The van der Waals surface area contributed by atoms with Crippen molar-refractivity contribution >= 4 is 17.3 Å². The van der Waals surface area contributed by atoms with Crippen molar-refractivity contribution in [2.45, 2.75) is 39.3 Å². The van der Waals surface area contributed by atoms with Gasteiger partial charge in [-0.1, -0.05) is 62.4 Å². The van der Waals surface area contributed by atoms with Gasteiger partial charge in [-0.3, -0.25) is 14.7 Å². The zero-order valence-electron chi connectivity index (χ0n) is 16.9. The minimum atomic E-state index is -0.346. The average molecular weight is 374 g/mol. The summed E-state index contributed by atoms with van der Waals surface area (Å²) in [5.74, 6) is 0.244. The first-order chi connectivity index (χ1) is 13.4. The van der Waals surface area contributed by atoms with Crippen molar-refractivity contribution in [2.24, 2.45) is 10.9 Å². The van der Waals surface area contributed by atoms with Gasteiger partial charge in [-0.15, -0.1) is 0 Å². The topological polar surface area (TPSA) is 44.7 Å². The van der Waals surface area contributed by atoms with E-state index in [1.807, 2.05) is 53.4 Å². The molecule has 2 aromatic rings. The second kappa shape index (κ2) is 6.93. The van der Waals surface area contributed by atoms with Crippen molar-refractivity contribution in [3.8, 4) is 0 Å². The molecular formula is C24H27N3O. The molecule has 2 aromatic carbocycles. The van der Waals surface area contributed by atoms with Crippen molar-refractivity contribution in [3.63, 3.8) is 0 Å². The molecule has 1 fully saturated rings. The molecule has 0 aliphatic carbocycles. The lowest BCUT2D eigenvalue weighted by Crippen LogP contribution is -2.35. The van der Waals surface area contributed by atoms with Gasteiger partial charge in [-0.25, -0.2) is 0 Å². The number of allylic oxidation sites excluding steroid dienone is 1. The van der Waals surface area contributed by atoms with Crippen molar-refractivity contribution in [1.82, 2.24) is 5.32 Å². The summed E-state index contributed by atoms with van der Waals surface area (Å²) in [6, 6.07) is 20.0. The van der Waals surface area contributed by atoms with Crippen LogP contribution < -0.4 is 10.2 Å². The number of carbonyl (C=O) groups excluding carboxylic acids is 1. The smallest absolute Gasteiger partial charge is 0.277 e. The Bertz CT molecular complexity index is 942. The highest BCUT2D eigenvalue weighted by Crippen LogP contribution is 2.43. The van der Waals surface area contributed by atoms with E-state index in [-0.39, 0.29) is 23.4 Å². The van der Waals surface area contributed by atoms with Crippen LogP contribution in [0.5, 0.6) is 0 Å². The molecule has 144 valence electrons. The predicted octanol–water partition coefficient (Wildman–Crippen LogP) is 4.51. The van der Waals surface area contributed by atoms with E-state index in [9.17, 15) is 4.79 Å². The van der Waals surface area contributed by atoms with Crippen molar-refractivity contribution in [3.05, 3.63) is 77.5 Å². The van der Waals surface area contributed by atoms with Gasteiger partial charge in [-0.2, -0.15) is 0 Å². The maximum Gasteiger partial charge on any atom is 0.277 e. The molecule has 1 atom stereocenters. The van der Waals surface area contributed by atoms with Crippen LogP contribution in [0.25, 0.3) is 0 Å². The molecule has 0 saturated carbocycles. The van der Waals surface area contributed by atoms with Crippen molar-refractivity contribution in [2.75, 3.05) is 11.4 Å². The molecular weight excluding hydrogens is 346 g/mol. The standard InChI is InChI=1S/C24H27N3O/c1-16(2)20-19-21(26-24(3,4)15-25-20)23(28)27(18-13-9-6-10-14-18)22(19)17-11-7-5-8-12-17/h5-14,16,22,25H,15H2,1-4H3. The van der Waals surface area contributed by atoms with E-state index in [1.54, 1.807) is 0 Å². The molecule has 28 heavy (non-hydrogen) atoms. The highest BCUT2D eigenvalue weighted by atomic mass is 16.2. The lowest BCUT2D eigenvalue weighted by molar-refractivity contribution is -0.112. The molecule has 0 aromatic heterocycles. The van der Waals surface area contributed by atoms with Gasteiger partial charge in [0.2, 0.25) is 0 Å². The number of anilines is 1. The first-order valence-electron chi connectivity index (χ1n) is 9.91. The summed E-state index contributed by atoms with van der Waals surface area (Å²) in [7, 11) is 0. The minimum absolute atomic E-state index is 0.0232. The Morgan fingerprint density at radius 3 is 2.25 bits per heavy atom.